The minimum absolute atomic E-state index is 0.0256. The van der Waals surface area contributed by atoms with E-state index in [1.807, 2.05) is 49.1 Å². The third kappa shape index (κ3) is 3.82. The summed E-state index contributed by atoms with van der Waals surface area (Å²) in [4.78, 5) is 14.0. The number of carbonyl (C=O) groups is 1. The molecule has 0 saturated carbocycles. The number of hydrogen-bond donors (Lipinski definition) is 0. The number of amides is 1. The molecule has 2 unspecified atom stereocenters. The Hall–Kier alpha value is -1.32. The average molecular weight is 280 g/mol. The molecule has 1 amide bonds. The highest BCUT2D eigenvalue weighted by atomic mass is 35.5. The van der Waals surface area contributed by atoms with Crippen LogP contribution in [0.15, 0.2) is 30.3 Å². The highest BCUT2D eigenvalue weighted by Crippen LogP contribution is 2.14. The lowest BCUT2D eigenvalue weighted by atomic mass is 10.1. The predicted octanol–water partition coefficient (Wildman–Crippen LogP) is 2.99. The SMILES string of the molecule is CC1CN(C(=O)/C=C/c2ccc(Cl)cc2)C(C)CO1. The number of morpholine rings is 1. The van der Waals surface area contributed by atoms with Crippen molar-refractivity contribution in [2.75, 3.05) is 13.2 Å². The number of rotatable bonds is 2. The second kappa shape index (κ2) is 6.22. The van der Waals surface area contributed by atoms with Crippen LogP contribution in [0.2, 0.25) is 5.02 Å². The van der Waals surface area contributed by atoms with Crippen LogP contribution < -0.4 is 0 Å². The number of benzene rings is 1. The van der Waals surface area contributed by atoms with Crippen LogP contribution in [0.4, 0.5) is 0 Å². The van der Waals surface area contributed by atoms with Crippen LogP contribution in [-0.2, 0) is 9.53 Å². The third-order valence-electron chi connectivity index (χ3n) is 3.18. The highest BCUT2D eigenvalue weighted by Gasteiger charge is 2.25. The van der Waals surface area contributed by atoms with Crippen LogP contribution in [0.1, 0.15) is 19.4 Å². The van der Waals surface area contributed by atoms with E-state index in [0.717, 1.165) is 5.56 Å². The number of halogens is 1. The normalized spacial score (nSPS) is 23.8. The molecule has 1 aliphatic heterocycles. The molecule has 1 fully saturated rings. The Morgan fingerprint density at radius 1 is 1.37 bits per heavy atom. The van der Waals surface area contributed by atoms with Gasteiger partial charge < -0.3 is 9.64 Å². The summed E-state index contributed by atoms with van der Waals surface area (Å²) < 4.78 is 5.51. The molecule has 1 aromatic carbocycles. The van der Waals surface area contributed by atoms with Gasteiger partial charge in [0.1, 0.15) is 0 Å². The molecule has 19 heavy (non-hydrogen) atoms. The summed E-state index contributed by atoms with van der Waals surface area (Å²) in [7, 11) is 0. The first kappa shape index (κ1) is 14.1. The quantitative estimate of drug-likeness (QED) is 0.779. The van der Waals surface area contributed by atoms with Crippen LogP contribution in [0.25, 0.3) is 6.08 Å². The Morgan fingerprint density at radius 3 is 2.74 bits per heavy atom. The van der Waals surface area contributed by atoms with E-state index in [1.54, 1.807) is 6.08 Å². The molecule has 1 saturated heterocycles. The summed E-state index contributed by atoms with van der Waals surface area (Å²) >= 11 is 5.82. The van der Waals surface area contributed by atoms with Gasteiger partial charge in [-0.2, -0.15) is 0 Å². The van der Waals surface area contributed by atoms with Crippen molar-refractivity contribution in [2.45, 2.75) is 26.0 Å². The zero-order chi connectivity index (χ0) is 13.8. The summed E-state index contributed by atoms with van der Waals surface area (Å²) in [6, 6.07) is 7.52. The predicted molar refractivity (Wildman–Crippen MR) is 77.1 cm³/mol. The van der Waals surface area contributed by atoms with Crippen molar-refractivity contribution in [1.29, 1.82) is 0 Å². The van der Waals surface area contributed by atoms with E-state index < -0.39 is 0 Å². The van der Waals surface area contributed by atoms with Gasteiger partial charge in [-0.25, -0.2) is 0 Å². The van der Waals surface area contributed by atoms with Crippen LogP contribution in [0, 0.1) is 0 Å². The lowest BCUT2D eigenvalue weighted by Gasteiger charge is -2.36. The number of carbonyl (C=O) groups excluding carboxylic acids is 1. The van der Waals surface area contributed by atoms with Gasteiger partial charge in [-0.1, -0.05) is 23.7 Å². The Labute approximate surface area is 118 Å². The van der Waals surface area contributed by atoms with E-state index in [0.29, 0.717) is 18.2 Å². The van der Waals surface area contributed by atoms with Crippen molar-refractivity contribution in [2.24, 2.45) is 0 Å². The molecule has 0 bridgehead atoms. The van der Waals surface area contributed by atoms with Gasteiger partial charge in [-0.3, -0.25) is 4.79 Å². The Kier molecular flexibility index (Phi) is 4.61. The summed E-state index contributed by atoms with van der Waals surface area (Å²) in [5.41, 5.74) is 0.965. The highest BCUT2D eigenvalue weighted by molar-refractivity contribution is 6.30. The smallest absolute Gasteiger partial charge is 0.246 e. The number of ether oxygens (including phenoxy) is 1. The molecule has 0 radical (unpaired) electrons. The molecule has 2 rings (SSSR count). The molecule has 0 N–H and O–H groups in total. The molecule has 4 heteroatoms. The first-order valence-corrected chi connectivity index (χ1v) is 6.80. The largest absolute Gasteiger partial charge is 0.375 e. The van der Waals surface area contributed by atoms with Crippen molar-refractivity contribution >= 4 is 23.6 Å². The zero-order valence-electron chi connectivity index (χ0n) is 11.2. The van der Waals surface area contributed by atoms with Crippen molar-refractivity contribution < 1.29 is 9.53 Å². The van der Waals surface area contributed by atoms with E-state index in [1.165, 1.54) is 0 Å². The zero-order valence-corrected chi connectivity index (χ0v) is 11.9. The molecule has 3 nitrogen and oxygen atoms in total. The fourth-order valence-corrected chi connectivity index (χ4v) is 2.17. The van der Waals surface area contributed by atoms with E-state index in [9.17, 15) is 4.79 Å². The summed E-state index contributed by atoms with van der Waals surface area (Å²) in [6.45, 7) is 5.22. The molecule has 1 heterocycles. The maximum absolute atomic E-state index is 12.2. The van der Waals surface area contributed by atoms with Crippen molar-refractivity contribution in [3.63, 3.8) is 0 Å². The summed E-state index contributed by atoms with van der Waals surface area (Å²) in [5, 5.41) is 0.694. The minimum Gasteiger partial charge on any atom is -0.375 e. The summed E-state index contributed by atoms with van der Waals surface area (Å²) in [6.07, 6.45) is 3.52. The molecular weight excluding hydrogens is 262 g/mol. The molecule has 2 atom stereocenters. The lowest BCUT2D eigenvalue weighted by molar-refractivity contribution is -0.137. The summed E-state index contributed by atoms with van der Waals surface area (Å²) in [5.74, 6) is 0.0256. The van der Waals surface area contributed by atoms with Gasteiger partial charge in [0.25, 0.3) is 0 Å². The first-order chi connectivity index (χ1) is 9.06. The maximum atomic E-state index is 12.2. The average Bonchev–Trinajstić information content (AvgIpc) is 2.40. The number of hydrogen-bond acceptors (Lipinski definition) is 2. The molecule has 0 spiro atoms. The van der Waals surface area contributed by atoms with Gasteiger partial charge in [-0.05, 0) is 37.6 Å². The van der Waals surface area contributed by atoms with Gasteiger partial charge in [-0.15, -0.1) is 0 Å². The molecule has 1 aromatic rings. The second-order valence-electron chi connectivity index (χ2n) is 4.87. The van der Waals surface area contributed by atoms with E-state index in [2.05, 4.69) is 0 Å². The van der Waals surface area contributed by atoms with Crippen molar-refractivity contribution in [1.82, 2.24) is 4.90 Å². The Balaban J connectivity index is 2.01. The van der Waals surface area contributed by atoms with Crippen LogP contribution in [-0.4, -0.2) is 36.1 Å². The molecule has 0 aromatic heterocycles. The van der Waals surface area contributed by atoms with Crippen molar-refractivity contribution in [3.05, 3.63) is 40.9 Å². The first-order valence-electron chi connectivity index (χ1n) is 6.42. The van der Waals surface area contributed by atoms with E-state index in [4.69, 9.17) is 16.3 Å². The maximum Gasteiger partial charge on any atom is 0.246 e. The van der Waals surface area contributed by atoms with Gasteiger partial charge in [0.2, 0.25) is 5.91 Å². The molecule has 0 aliphatic carbocycles. The van der Waals surface area contributed by atoms with Crippen LogP contribution in [0.5, 0.6) is 0 Å². The Morgan fingerprint density at radius 2 is 2.05 bits per heavy atom. The second-order valence-corrected chi connectivity index (χ2v) is 5.30. The monoisotopic (exact) mass is 279 g/mol. The van der Waals surface area contributed by atoms with Gasteiger partial charge in [0, 0.05) is 17.6 Å². The van der Waals surface area contributed by atoms with Gasteiger partial charge in [0.15, 0.2) is 0 Å². The topological polar surface area (TPSA) is 29.5 Å². The van der Waals surface area contributed by atoms with Crippen LogP contribution >= 0.6 is 11.6 Å². The lowest BCUT2D eigenvalue weighted by Crippen LogP contribution is -2.49. The molecular formula is C15H18ClNO2. The van der Waals surface area contributed by atoms with Gasteiger partial charge >= 0.3 is 0 Å². The van der Waals surface area contributed by atoms with E-state index in [-0.39, 0.29) is 18.1 Å². The molecule has 102 valence electrons. The van der Waals surface area contributed by atoms with Crippen LogP contribution in [0.3, 0.4) is 0 Å². The van der Waals surface area contributed by atoms with E-state index >= 15 is 0 Å². The fraction of sp³-hybridized carbons (Fsp3) is 0.400. The Bertz CT molecular complexity index is 470. The third-order valence-corrected chi connectivity index (χ3v) is 3.43. The van der Waals surface area contributed by atoms with Crippen molar-refractivity contribution in [3.8, 4) is 0 Å². The fourth-order valence-electron chi connectivity index (χ4n) is 2.05. The van der Waals surface area contributed by atoms with Gasteiger partial charge in [0.05, 0.1) is 18.8 Å². The number of nitrogens with zero attached hydrogens (tertiary/aromatic N) is 1. The standard InChI is InChI=1S/C15H18ClNO2/c1-11-10-19-12(2)9-17(11)15(18)8-5-13-3-6-14(16)7-4-13/h3-8,11-12H,9-10H2,1-2H3/b8-5+. The molecule has 1 aliphatic rings. The minimum atomic E-state index is 0.0256.